The molecule has 7 nitrogen and oxygen atoms in total. The number of nitrogens with zero attached hydrogens (tertiary/aromatic N) is 2. The maximum atomic E-state index is 11.9. The fourth-order valence-electron chi connectivity index (χ4n) is 3.60. The molecule has 0 aliphatic heterocycles. The molecule has 7 heteroatoms. The average molecular weight is 389 g/mol. The van der Waals surface area contributed by atoms with Crippen LogP contribution in [-0.4, -0.2) is 54.5 Å². The van der Waals surface area contributed by atoms with Gasteiger partial charge in [0.05, 0.1) is 6.54 Å². The first-order chi connectivity index (χ1) is 13.3. The van der Waals surface area contributed by atoms with Crippen molar-refractivity contribution in [2.45, 2.75) is 52.0 Å². The molecule has 1 aliphatic rings. The Kier molecular flexibility index (Phi) is 7.84. The Labute approximate surface area is 166 Å². The summed E-state index contributed by atoms with van der Waals surface area (Å²) in [6, 6.07) is 2.62. The number of hydrogen-bond donors (Lipinski definition) is 1. The molecule has 0 aromatic carbocycles. The van der Waals surface area contributed by atoms with Crippen LogP contribution in [-0.2, 0) is 19.1 Å². The zero-order chi connectivity index (χ0) is 20.7. The molecule has 1 saturated carbocycles. The topological polar surface area (TPSA) is 80.6 Å². The standard InChI is InChI=1S/C21H31N3O4/c1-15-12-17(16(2)24(15)18-8-6-5-7-9-18)10-11-21(27)28-14-19(25)22-13-20(26)23(3)4/h10-12,18H,5-9,13-14H2,1-4H3,(H,22,25)/b11-10+. The number of amides is 2. The number of likely N-dealkylation sites (N-methyl/N-ethyl adjacent to an activating group) is 1. The fourth-order valence-corrected chi connectivity index (χ4v) is 3.60. The number of rotatable bonds is 7. The predicted octanol–water partition coefficient (Wildman–Crippen LogP) is 2.37. The molecule has 1 aromatic heterocycles. The average Bonchev–Trinajstić information content (AvgIpc) is 2.96. The van der Waals surface area contributed by atoms with Crippen LogP contribution in [0.2, 0.25) is 0 Å². The van der Waals surface area contributed by atoms with Crippen LogP contribution >= 0.6 is 0 Å². The van der Waals surface area contributed by atoms with E-state index in [9.17, 15) is 14.4 Å². The van der Waals surface area contributed by atoms with E-state index in [-0.39, 0.29) is 12.5 Å². The zero-order valence-electron chi connectivity index (χ0n) is 17.3. The molecule has 154 valence electrons. The number of carbonyl (C=O) groups is 3. The van der Waals surface area contributed by atoms with Crippen molar-refractivity contribution in [2.24, 2.45) is 0 Å². The number of aromatic nitrogens is 1. The van der Waals surface area contributed by atoms with Crippen molar-refractivity contribution in [1.82, 2.24) is 14.8 Å². The number of hydrogen-bond acceptors (Lipinski definition) is 4. The Balaban J connectivity index is 1.87. The predicted molar refractivity (Wildman–Crippen MR) is 108 cm³/mol. The Morgan fingerprint density at radius 3 is 2.54 bits per heavy atom. The van der Waals surface area contributed by atoms with Crippen LogP contribution < -0.4 is 5.32 Å². The molecule has 28 heavy (non-hydrogen) atoms. The van der Waals surface area contributed by atoms with Crippen LogP contribution in [0, 0.1) is 13.8 Å². The van der Waals surface area contributed by atoms with Gasteiger partial charge in [-0.15, -0.1) is 0 Å². The number of ether oxygens (including phenoxy) is 1. The summed E-state index contributed by atoms with van der Waals surface area (Å²) in [5.74, 6) is -1.32. The highest BCUT2D eigenvalue weighted by Gasteiger charge is 2.19. The van der Waals surface area contributed by atoms with Gasteiger partial charge in [-0.05, 0) is 44.4 Å². The zero-order valence-corrected chi connectivity index (χ0v) is 17.3. The lowest BCUT2D eigenvalue weighted by molar-refractivity contribution is -0.144. The smallest absolute Gasteiger partial charge is 0.331 e. The molecule has 2 amide bonds. The molecular weight excluding hydrogens is 358 g/mol. The van der Waals surface area contributed by atoms with Gasteiger partial charge in [0, 0.05) is 37.6 Å². The van der Waals surface area contributed by atoms with Crippen molar-refractivity contribution in [1.29, 1.82) is 0 Å². The van der Waals surface area contributed by atoms with E-state index in [4.69, 9.17) is 4.74 Å². The Morgan fingerprint density at radius 2 is 1.89 bits per heavy atom. The van der Waals surface area contributed by atoms with Gasteiger partial charge in [0.1, 0.15) is 0 Å². The number of nitrogens with one attached hydrogen (secondary N) is 1. The molecule has 2 rings (SSSR count). The van der Waals surface area contributed by atoms with E-state index in [1.54, 1.807) is 20.2 Å². The SMILES string of the molecule is Cc1cc(/C=C/C(=O)OCC(=O)NCC(=O)N(C)C)c(C)n1C1CCCCC1. The highest BCUT2D eigenvalue weighted by atomic mass is 16.5. The molecule has 0 unspecified atom stereocenters. The molecule has 1 fully saturated rings. The highest BCUT2D eigenvalue weighted by molar-refractivity contribution is 5.90. The number of carbonyl (C=O) groups excluding carboxylic acids is 3. The normalized spacial score (nSPS) is 14.9. The Bertz CT molecular complexity index is 743. The molecular formula is C21H31N3O4. The van der Waals surface area contributed by atoms with E-state index in [1.165, 1.54) is 48.8 Å². The lowest BCUT2D eigenvalue weighted by atomic mass is 9.95. The lowest BCUT2D eigenvalue weighted by Gasteiger charge is -2.26. The van der Waals surface area contributed by atoms with Crippen molar-refractivity contribution >= 4 is 23.9 Å². The first kappa shape index (κ1) is 21.7. The minimum atomic E-state index is -0.587. The van der Waals surface area contributed by atoms with E-state index in [0.717, 1.165) is 11.3 Å². The van der Waals surface area contributed by atoms with E-state index < -0.39 is 18.5 Å². The summed E-state index contributed by atoms with van der Waals surface area (Å²) in [5.41, 5.74) is 3.33. The van der Waals surface area contributed by atoms with Crippen molar-refractivity contribution < 1.29 is 19.1 Å². The molecule has 0 atom stereocenters. The van der Waals surface area contributed by atoms with E-state index in [2.05, 4.69) is 29.8 Å². The Morgan fingerprint density at radius 1 is 1.21 bits per heavy atom. The van der Waals surface area contributed by atoms with Crippen molar-refractivity contribution in [3.63, 3.8) is 0 Å². The molecule has 0 radical (unpaired) electrons. The summed E-state index contributed by atoms with van der Waals surface area (Å²) in [5, 5.41) is 2.41. The third kappa shape index (κ3) is 5.97. The van der Waals surface area contributed by atoms with Crippen LogP contribution in [0.3, 0.4) is 0 Å². The van der Waals surface area contributed by atoms with Gasteiger partial charge in [-0.25, -0.2) is 4.79 Å². The molecule has 1 aliphatic carbocycles. The molecule has 1 aromatic rings. The largest absolute Gasteiger partial charge is 0.452 e. The molecule has 0 bridgehead atoms. The van der Waals surface area contributed by atoms with Crippen LogP contribution in [0.15, 0.2) is 12.1 Å². The third-order valence-corrected chi connectivity index (χ3v) is 5.14. The molecule has 1 N–H and O–H groups in total. The second-order valence-corrected chi connectivity index (χ2v) is 7.49. The van der Waals surface area contributed by atoms with Gasteiger partial charge < -0.3 is 19.5 Å². The number of aryl methyl sites for hydroxylation is 1. The maximum absolute atomic E-state index is 11.9. The van der Waals surface area contributed by atoms with Crippen LogP contribution in [0.1, 0.15) is 55.1 Å². The summed E-state index contributed by atoms with van der Waals surface area (Å²) in [6.45, 7) is 3.63. The van der Waals surface area contributed by atoms with Gasteiger partial charge in [-0.3, -0.25) is 9.59 Å². The highest BCUT2D eigenvalue weighted by Crippen LogP contribution is 2.32. The minimum Gasteiger partial charge on any atom is -0.452 e. The number of esters is 1. The van der Waals surface area contributed by atoms with Crippen LogP contribution in [0.25, 0.3) is 6.08 Å². The first-order valence-corrected chi connectivity index (χ1v) is 9.79. The van der Waals surface area contributed by atoms with Gasteiger partial charge in [-0.1, -0.05) is 19.3 Å². The second kappa shape index (κ2) is 10.1. The summed E-state index contributed by atoms with van der Waals surface area (Å²) in [6.07, 6.45) is 9.32. The van der Waals surface area contributed by atoms with Gasteiger partial charge in [0.15, 0.2) is 6.61 Å². The Hall–Kier alpha value is -2.57. The molecule has 0 spiro atoms. The van der Waals surface area contributed by atoms with Crippen molar-refractivity contribution in [2.75, 3.05) is 27.2 Å². The monoisotopic (exact) mass is 389 g/mol. The van der Waals surface area contributed by atoms with Gasteiger partial charge in [-0.2, -0.15) is 0 Å². The van der Waals surface area contributed by atoms with E-state index >= 15 is 0 Å². The van der Waals surface area contributed by atoms with Gasteiger partial charge >= 0.3 is 5.97 Å². The summed E-state index contributed by atoms with van der Waals surface area (Å²) in [4.78, 5) is 36.3. The lowest BCUT2D eigenvalue weighted by Crippen LogP contribution is -2.38. The van der Waals surface area contributed by atoms with Crippen molar-refractivity contribution in [3.8, 4) is 0 Å². The maximum Gasteiger partial charge on any atom is 0.331 e. The van der Waals surface area contributed by atoms with Crippen LogP contribution in [0.5, 0.6) is 0 Å². The minimum absolute atomic E-state index is 0.119. The van der Waals surface area contributed by atoms with Crippen molar-refractivity contribution in [3.05, 3.63) is 29.1 Å². The first-order valence-electron chi connectivity index (χ1n) is 9.79. The fraction of sp³-hybridized carbons (Fsp3) is 0.571. The summed E-state index contributed by atoms with van der Waals surface area (Å²) < 4.78 is 7.32. The van der Waals surface area contributed by atoms with E-state index in [0.29, 0.717) is 6.04 Å². The summed E-state index contributed by atoms with van der Waals surface area (Å²) in [7, 11) is 3.20. The van der Waals surface area contributed by atoms with Gasteiger partial charge in [0.2, 0.25) is 5.91 Å². The quantitative estimate of drug-likeness (QED) is 0.573. The molecule has 0 saturated heterocycles. The second-order valence-electron chi connectivity index (χ2n) is 7.49. The summed E-state index contributed by atoms with van der Waals surface area (Å²) >= 11 is 0. The van der Waals surface area contributed by atoms with Crippen LogP contribution in [0.4, 0.5) is 0 Å². The van der Waals surface area contributed by atoms with E-state index in [1.807, 2.05) is 0 Å². The molecule has 1 heterocycles. The third-order valence-electron chi connectivity index (χ3n) is 5.14. The van der Waals surface area contributed by atoms with Gasteiger partial charge in [0.25, 0.3) is 5.91 Å².